The number of aromatic nitrogens is 2. The number of rotatable bonds is 4. The molecule has 0 aliphatic carbocycles. The lowest BCUT2D eigenvalue weighted by molar-refractivity contribution is 0.0832. The topological polar surface area (TPSA) is 39.1 Å². The van der Waals surface area contributed by atoms with E-state index in [1.807, 2.05) is 10.9 Å². The Morgan fingerprint density at radius 1 is 1.56 bits per heavy atom. The number of nitrogens with zero attached hydrogens (tertiary/aromatic N) is 2. The summed E-state index contributed by atoms with van der Waals surface area (Å²) in [6.45, 7) is 10.4. The minimum Gasteiger partial charge on any atom is -0.377 e. The highest BCUT2D eigenvalue weighted by Gasteiger charge is 2.22. The Bertz CT molecular complexity index is 375. The molecule has 0 radical (unpaired) electrons. The fourth-order valence-electron chi connectivity index (χ4n) is 2.23. The third kappa shape index (κ3) is 3.33. The lowest BCUT2D eigenvalue weighted by atomic mass is 10.1. The lowest BCUT2D eigenvalue weighted by Gasteiger charge is -2.20. The van der Waals surface area contributed by atoms with E-state index in [-0.39, 0.29) is 5.54 Å². The molecular formula is C14H25N3O. The molecule has 2 unspecified atom stereocenters. The van der Waals surface area contributed by atoms with E-state index >= 15 is 0 Å². The Labute approximate surface area is 110 Å². The van der Waals surface area contributed by atoms with Gasteiger partial charge in [-0.05, 0) is 40.5 Å². The van der Waals surface area contributed by atoms with Gasteiger partial charge in [0.15, 0.2) is 0 Å². The monoisotopic (exact) mass is 251 g/mol. The van der Waals surface area contributed by atoms with Gasteiger partial charge in [0.05, 0.1) is 17.8 Å². The molecule has 1 aliphatic rings. The first-order valence-electron chi connectivity index (χ1n) is 6.86. The van der Waals surface area contributed by atoms with Crippen molar-refractivity contribution in [3.63, 3.8) is 0 Å². The summed E-state index contributed by atoms with van der Waals surface area (Å²) in [7, 11) is 0. The Morgan fingerprint density at radius 2 is 2.33 bits per heavy atom. The molecule has 1 aliphatic heterocycles. The molecule has 2 rings (SSSR count). The maximum Gasteiger partial charge on any atom is 0.0726 e. The first-order chi connectivity index (χ1) is 8.47. The van der Waals surface area contributed by atoms with Gasteiger partial charge in [0.1, 0.15) is 0 Å². The average Bonchev–Trinajstić information content (AvgIpc) is 2.96. The van der Waals surface area contributed by atoms with Crippen LogP contribution in [0.5, 0.6) is 0 Å². The van der Waals surface area contributed by atoms with Crippen molar-refractivity contribution in [2.24, 2.45) is 0 Å². The second-order valence-corrected chi connectivity index (χ2v) is 6.19. The molecule has 0 amide bonds. The van der Waals surface area contributed by atoms with Crippen molar-refractivity contribution in [2.45, 2.75) is 64.8 Å². The van der Waals surface area contributed by atoms with Crippen molar-refractivity contribution in [2.75, 3.05) is 6.61 Å². The third-order valence-corrected chi connectivity index (χ3v) is 3.47. The molecule has 1 aromatic rings. The zero-order chi connectivity index (χ0) is 13.2. The molecule has 4 nitrogen and oxygen atoms in total. The maximum atomic E-state index is 5.68. The summed E-state index contributed by atoms with van der Waals surface area (Å²) in [5, 5.41) is 7.94. The van der Waals surface area contributed by atoms with E-state index < -0.39 is 0 Å². The van der Waals surface area contributed by atoms with Crippen LogP contribution in [0.2, 0.25) is 0 Å². The number of ether oxygens (including phenoxy) is 1. The van der Waals surface area contributed by atoms with E-state index in [9.17, 15) is 0 Å². The van der Waals surface area contributed by atoms with Gasteiger partial charge >= 0.3 is 0 Å². The zero-order valence-electron chi connectivity index (χ0n) is 11.9. The minimum atomic E-state index is 0.0540. The van der Waals surface area contributed by atoms with Crippen molar-refractivity contribution in [3.8, 4) is 0 Å². The summed E-state index contributed by atoms with van der Waals surface area (Å²) in [6, 6.07) is 0.408. The molecule has 4 heteroatoms. The fourth-order valence-corrected chi connectivity index (χ4v) is 2.23. The summed E-state index contributed by atoms with van der Waals surface area (Å²) in [5.41, 5.74) is 1.29. The largest absolute Gasteiger partial charge is 0.377 e. The summed E-state index contributed by atoms with van der Waals surface area (Å²) in [6.07, 6.45) is 6.81. The molecule has 1 N–H and O–H groups in total. The number of hydrogen-bond acceptors (Lipinski definition) is 3. The van der Waals surface area contributed by atoms with Gasteiger partial charge in [-0.15, -0.1) is 0 Å². The van der Waals surface area contributed by atoms with Crippen molar-refractivity contribution in [1.82, 2.24) is 15.1 Å². The smallest absolute Gasteiger partial charge is 0.0726 e. The van der Waals surface area contributed by atoms with Crippen LogP contribution in [0, 0.1) is 0 Å². The fraction of sp³-hybridized carbons (Fsp3) is 0.786. The highest BCUT2D eigenvalue weighted by Crippen LogP contribution is 2.16. The Morgan fingerprint density at radius 3 is 2.89 bits per heavy atom. The van der Waals surface area contributed by atoms with Crippen LogP contribution in [-0.4, -0.2) is 28.5 Å². The highest BCUT2D eigenvalue weighted by molar-refractivity contribution is 5.05. The van der Waals surface area contributed by atoms with Crippen molar-refractivity contribution in [3.05, 3.63) is 18.0 Å². The quantitative estimate of drug-likeness (QED) is 0.892. The van der Waals surface area contributed by atoms with Crippen LogP contribution in [0.15, 0.2) is 12.4 Å². The second kappa shape index (κ2) is 5.41. The molecule has 2 heterocycles. The van der Waals surface area contributed by atoms with E-state index in [2.05, 4.69) is 44.3 Å². The van der Waals surface area contributed by atoms with Crippen molar-refractivity contribution in [1.29, 1.82) is 0 Å². The average molecular weight is 251 g/mol. The van der Waals surface area contributed by atoms with E-state index in [0.29, 0.717) is 12.1 Å². The van der Waals surface area contributed by atoms with Gasteiger partial charge in [0, 0.05) is 31.0 Å². The Balaban J connectivity index is 1.84. The molecule has 18 heavy (non-hydrogen) atoms. The van der Waals surface area contributed by atoms with E-state index in [1.165, 1.54) is 18.4 Å². The third-order valence-electron chi connectivity index (χ3n) is 3.47. The minimum absolute atomic E-state index is 0.0540. The molecule has 1 fully saturated rings. The first-order valence-corrected chi connectivity index (χ1v) is 6.86. The second-order valence-electron chi connectivity index (χ2n) is 6.19. The SMILES string of the molecule is CC(NCc1cnn(C(C)(C)C)c1)C1CCCO1. The zero-order valence-corrected chi connectivity index (χ0v) is 11.9. The van der Waals surface area contributed by atoms with E-state index in [1.54, 1.807) is 0 Å². The molecular weight excluding hydrogens is 226 g/mol. The van der Waals surface area contributed by atoms with E-state index in [0.717, 1.165) is 13.2 Å². The van der Waals surface area contributed by atoms with Gasteiger partial charge < -0.3 is 10.1 Å². The van der Waals surface area contributed by atoms with Gasteiger partial charge in [-0.1, -0.05) is 0 Å². The van der Waals surface area contributed by atoms with Crippen LogP contribution in [0.3, 0.4) is 0 Å². The maximum absolute atomic E-state index is 5.68. The molecule has 2 atom stereocenters. The molecule has 0 spiro atoms. The lowest BCUT2D eigenvalue weighted by Crippen LogP contribution is -2.36. The van der Waals surface area contributed by atoms with Crippen LogP contribution in [0.4, 0.5) is 0 Å². The number of hydrogen-bond donors (Lipinski definition) is 1. The number of nitrogens with one attached hydrogen (secondary N) is 1. The molecule has 0 saturated carbocycles. The summed E-state index contributed by atoms with van der Waals surface area (Å²) >= 11 is 0. The van der Waals surface area contributed by atoms with Gasteiger partial charge in [-0.3, -0.25) is 4.68 Å². The predicted octanol–water partition coefficient (Wildman–Crippen LogP) is 2.30. The summed E-state index contributed by atoms with van der Waals surface area (Å²) < 4.78 is 7.69. The first kappa shape index (κ1) is 13.6. The van der Waals surface area contributed by atoms with Gasteiger partial charge in [0.2, 0.25) is 0 Å². The standard InChI is InChI=1S/C14H25N3O/c1-11(13-6-5-7-18-13)15-8-12-9-16-17(10-12)14(2,3)4/h9-11,13,15H,5-8H2,1-4H3. The molecule has 0 aromatic carbocycles. The van der Waals surface area contributed by atoms with Gasteiger partial charge in [-0.25, -0.2) is 0 Å². The highest BCUT2D eigenvalue weighted by atomic mass is 16.5. The molecule has 1 saturated heterocycles. The normalized spacial score (nSPS) is 22.3. The molecule has 1 aromatic heterocycles. The van der Waals surface area contributed by atoms with Crippen LogP contribution < -0.4 is 5.32 Å². The van der Waals surface area contributed by atoms with Crippen LogP contribution in [0.25, 0.3) is 0 Å². The van der Waals surface area contributed by atoms with E-state index in [4.69, 9.17) is 4.74 Å². The van der Waals surface area contributed by atoms with Crippen molar-refractivity contribution < 1.29 is 4.74 Å². The molecule has 102 valence electrons. The molecule has 0 bridgehead atoms. The summed E-state index contributed by atoms with van der Waals surface area (Å²) in [5.74, 6) is 0. The summed E-state index contributed by atoms with van der Waals surface area (Å²) in [4.78, 5) is 0. The van der Waals surface area contributed by atoms with Gasteiger partial charge in [-0.2, -0.15) is 5.10 Å². The predicted molar refractivity (Wildman–Crippen MR) is 72.5 cm³/mol. The van der Waals surface area contributed by atoms with Gasteiger partial charge in [0.25, 0.3) is 0 Å². The van der Waals surface area contributed by atoms with Crippen LogP contribution in [0.1, 0.15) is 46.1 Å². The van der Waals surface area contributed by atoms with Crippen LogP contribution >= 0.6 is 0 Å². The Hall–Kier alpha value is -0.870. The Kier molecular flexibility index (Phi) is 4.07. The van der Waals surface area contributed by atoms with Crippen molar-refractivity contribution >= 4 is 0 Å². The van der Waals surface area contributed by atoms with Crippen LogP contribution in [-0.2, 0) is 16.8 Å².